The molecule has 292 valence electrons. The Morgan fingerprint density at radius 1 is 1.08 bits per heavy atom. The summed E-state index contributed by atoms with van der Waals surface area (Å²) in [6, 6.07) is 0. The van der Waals surface area contributed by atoms with Gasteiger partial charge in [0.2, 0.25) is 11.8 Å². The Labute approximate surface area is 293 Å². The number of anilines is 1. The number of carbonyl (C=O) groups excluding carboxylic acids is 2. The van der Waals surface area contributed by atoms with Crippen LogP contribution in [0.5, 0.6) is 0 Å². The normalized spacial score (nSPS) is 23.0. The number of phosphoric ester groups is 3. The third-order valence-corrected chi connectivity index (χ3v) is 9.82. The summed E-state index contributed by atoms with van der Waals surface area (Å²) in [6.07, 6.45) is -6.62. The van der Waals surface area contributed by atoms with E-state index in [-0.39, 0.29) is 35.8 Å². The molecule has 1 aromatic rings. The van der Waals surface area contributed by atoms with Crippen molar-refractivity contribution in [1.29, 1.82) is 0 Å². The van der Waals surface area contributed by atoms with Gasteiger partial charge in [-0.1, -0.05) is 34.6 Å². The third kappa shape index (κ3) is 15.6. The van der Waals surface area contributed by atoms with Crippen LogP contribution in [0, 0.1) is 17.8 Å². The fraction of sp³-hybridized carbons (Fsp3) is 0.720. The summed E-state index contributed by atoms with van der Waals surface area (Å²) in [5, 5.41) is 28.6. The zero-order chi connectivity index (χ0) is 39.0. The van der Waals surface area contributed by atoms with E-state index in [1.54, 1.807) is 6.92 Å². The van der Waals surface area contributed by atoms with Gasteiger partial charge in [-0.15, -0.1) is 0 Å². The highest BCUT2D eigenvalue weighted by atomic mass is 31.3. The Morgan fingerprint density at radius 3 is 2.29 bits per heavy atom. The number of aryl methyl sites for hydroxylation is 1. The van der Waals surface area contributed by atoms with E-state index in [2.05, 4.69) is 44.3 Å². The van der Waals surface area contributed by atoms with E-state index in [4.69, 9.17) is 15.0 Å². The van der Waals surface area contributed by atoms with Gasteiger partial charge in [0.1, 0.15) is 36.4 Å². The lowest BCUT2D eigenvalue weighted by Crippen LogP contribution is -2.46. The molecule has 2 amide bonds. The first-order valence-corrected chi connectivity index (χ1v) is 19.6. The second-order valence-corrected chi connectivity index (χ2v) is 17.4. The first-order chi connectivity index (χ1) is 23.2. The summed E-state index contributed by atoms with van der Waals surface area (Å²) in [5.41, 5.74) is 4.56. The van der Waals surface area contributed by atoms with Gasteiger partial charge in [-0.2, -0.15) is 4.31 Å². The van der Waals surface area contributed by atoms with Crippen LogP contribution in [0.3, 0.4) is 0 Å². The van der Waals surface area contributed by atoms with Crippen molar-refractivity contribution >= 4 is 53.1 Å². The lowest BCUT2D eigenvalue weighted by atomic mass is 9.87. The predicted molar refractivity (Wildman–Crippen MR) is 177 cm³/mol. The number of rotatable bonds is 19. The first kappa shape index (κ1) is 44.7. The molecule has 1 aromatic heterocycles. The maximum absolute atomic E-state index is 12.6. The molecule has 0 aromatic carbocycles. The van der Waals surface area contributed by atoms with Gasteiger partial charge in [-0.25, -0.2) is 28.7 Å². The molecule has 23 nitrogen and oxygen atoms in total. The lowest BCUT2D eigenvalue weighted by Gasteiger charge is -2.30. The largest absolute Gasteiger partial charge is 0.481 e. The minimum atomic E-state index is -5.53. The van der Waals surface area contributed by atoms with Gasteiger partial charge >= 0.3 is 23.5 Å². The maximum Gasteiger partial charge on any atom is 0.481 e. The molecule has 1 aliphatic heterocycles. The molecule has 0 spiro atoms. The number of nitrogens with two attached hydrogens (primary N) is 1. The molecule has 51 heavy (non-hydrogen) atoms. The summed E-state index contributed by atoms with van der Waals surface area (Å²) < 4.78 is 60.3. The van der Waals surface area contributed by atoms with E-state index in [0.717, 1.165) is 6.34 Å². The highest BCUT2D eigenvalue weighted by Crippen LogP contribution is 2.61. The van der Waals surface area contributed by atoms with Gasteiger partial charge in [-0.3, -0.25) is 23.2 Å². The number of nitrogens with zero attached hydrogens (tertiary/aromatic N) is 3. The molecular weight excluding hydrogens is 747 g/mol. The van der Waals surface area contributed by atoms with Crippen molar-refractivity contribution < 1.29 is 75.7 Å². The predicted octanol–water partition coefficient (Wildman–Crippen LogP) is -0.513. The molecule has 26 heteroatoms. The molecular formula is C25H46N7O16P3. The van der Waals surface area contributed by atoms with Crippen LogP contribution in [-0.4, -0.2) is 115 Å². The van der Waals surface area contributed by atoms with Crippen LogP contribution in [0.15, 0.2) is 11.3 Å². The van der Waals surface area contributed by atoms with Crippen molar-refractivity contribution in [2.75, 3.05) is 32.0 Å². The van der Waals surface area contributed by atoms with E-state index >= 15 is 0 Å². The van der Waals surface area contributed by atoms with Crippen molar-refractivity contribution in [1.82, 2.24) is 25.9 Å². The Kier molecular flexibility index (Phi) is 15.8. The SMILES string of the molecule is Cc1ncnc(N)c1/N=C\NC1OC(COP(=O)(O)OP(=O)(O)OCC(C)(C)C(O)C(=O)NCCC(=O)NCC(C)(C)C)C(OP(=O)(O)O)C1O. The average molecular weight is 794 g/mol. The number of aromatic nitrogens is 2. The quantitative estimate of drug-likeness (QED) is 0.0479. The monoisotopic (exact) mass is 793 g/mol. The number of phosphoric acid groups is 3. The van der Waals surface area contributed by atoms with Gasteiger partial charge in [0.05, 0.1) is 25.2 Å². The van der Waals surface area contributed by atoms with Crippen molar-refractivity contribution in [3.8, 4) is 0 Å². The highest BCUT2D eigenvalue weighted by molar-refractivity contribution is 7.61. The number of hydrogen-bond acceptors (Lipinski definition) is 16. The highest BCUT2D eigenvalue weighted by Gasteiger charge is 2.49. The number of ether oxygens (including phenoxy) is 1. The molecule has 11 N–H and O–H groups in total. The van der Waals surface area contributed by atoms with Crippen molar-refractivity contribution in [2.24, 2.45) is 15.8 Å². The minimum Gasteiger partial charge on any atom is -0.386 e. The van der Waals surface area contributed by atoms with Crippen molar-refractivity contribution in [3.05, 3.63) is 12.0 Å². The van der Waals surface area contributed by atoms with Crippen LogP contribution in [0.25, 0.3) is 0 Å². The molecule has 0 aliphatic carbocycles. The standard InChI is InChI=1S/C25H46N7O16P3/c1-14-17(21(26)31-12-29-14)30-13-32-23-18(34)19(47-49(37,38)39)15(46-23)9-44-50(40,41)48-51(42,43)45-11-25(5,6)20(35)22(36)27-8-7-16(33)28-10-24(2,3)4/h12-13,15,18-20,23,34-35H,7-11H2,1-6H3,(H,27,36)(H,28,33)(H,30,32)(H,40,41)(H,42,43)(H2,26,29,31)(H2,37,38,39). The second-order valence-electron chi connectivity index (χ2n) is 13.1. The third-order valence-electron chi connectivity index (χ3n) is 6.72. The zero-order valence-corrected chi connectivity index (χ0v) is 31.3. The van der Waals surface area contributed by atoms with Gasteiger partial charge < -0.3 is 56.2 Å². The second kappa shape index (κ2) is 18.0. The Hall–Kier alpha value is -2.46. The average Bonchev–Trinajstić information content (AvgIpc) is 3.26. The summed E-state index contributed by atoms with van der Waals surface area (Å²) in [7, 11) is -16.3. The topological polar surface area (TPSA) is 353 Å². The molecule has 0 bridgehead atoms. The number of aliphatic imine (C=N–C) groups is 1. The number of amides is 2. The van der Waals surface area contributed by atoms with Gasteiger partial charge in [0.15, 0.2) is 12.0 Å². The fourth-order valence-corrected chi connectivity index (χ4v) is 6.82. The van der Waals surface area contributed by atoms with Gasteiger partial charge in [0.25, 0.3) is 0 Å². The summed E-state index contributed by atoms with van der Waals surface area (Å²) in [5.74, 6) is -1.25. The van der Waals surface area contributed by atoms with E-state index in [1.807, 2.05) is 20.8 Å². The lowest BCUT2D eigenvalue weighted by molar-refractivity contribution is -0.137. The van der Waals surface area contributed by atoms with Crippen LogP contribution < -0.4 is 21.7 Å². The maximum atomic E-state index is 12.6. The summed E-state index contributed by atoms with van der Waals surface area (Å²) >= 11 is 0. The molecule has 0 radical (unpaired) electrons. The molecule has 1 aliphatic rings. The van der Waals surface area contributed by atoms with E-state index < -0.39 is 78.6 Å². The Morgan fingerprint density at radius 2 is 1.71 bits per heavy atom. The van der Waals surface area contributed by atoms with E-state index in [0.29, 0.717) is 12.2 Å². The number of aliphatic hydroxyl groups is 2. The van der Waals surface area contributed by atoms with Gasteiger partial charge in [-0.05, 0) is 12.3 Å². The fourth-order valence-electron chi connectivity index (χ4n) is 3.99. The van der Waals surface area contributed by atoms with Crippen LogP contribution in [0.1, 0.15) is 46.7 Å². The smallest absolute Gasteiger partial charge is 0.386 e. The van der Waals surface area contributed by atoms with Gasteiger partial charge in [0, 0.05) is 24.9 Å². The molecule has 7 atom stereocenters. The molecule has 7 unspecified atom stereocenters. The van der Waals surface area contributed by atoms with E-state index in [9.17, 15) is 53.1 Å². The minimum absolute atomic E-state index is 0.0149. The molecule has 2 rings (SSSR count). The molecule has 2 heterocycles. The van der Waals surface area contributed by atoms with Crippen molar-refractivity contribution in [3.63, 3.8) is 0 Å². The van der Waals surface area contributed by atoms with Crippen LogP contribution >= 0.6 is 23.5 Å². The molecule has 1 fully saturated rings. The van der Waals surface area contributed by atoms with Crippen LogP contribution in [-0.2, 0) is 45.9 Å². The van der Waals surface area contributed by atoms with Crippen LogP contribution in [0.4, 0.5) is 11.5 Å². The van der Waals surface area contributed by atoms with Crippen LogP contribution in [0.2, 0.25) is 0 Å². The van der Waals surface area contributed by atoms with Crippen molar-refractivity contribution in [2.45, 2.75) is 78.6 Å². The Balaban J connectivity index is 1.96. The Bertz CT molecular complexity index is 1520. The number of hydrogen-bond donors (Lipinski definition) is 10. The number of aliphatic hydroxyl groups excluding tert-OH is 2. The number of nitrogens with one attached hydrogen (secondary N) is 3. The summed E-state index contributed by atoms with van der Waals surface area (Å²) in [6.45, 7) is 8.20. The number of carbonyl (C=O) groups is 2. The summed E-state index contributed by atoms with van der Waals surface area (Å²) in [4.78, 5) is 74.9. The molecule has 0 saturated carbocycles. The van der Waals surface area contributed by atoms with E-state index in [1.165, 1.54) is 20.2 Å². The zero-order valence-electron chi connectivity index (χ0n) is 28.6. The first-order valence-electron chi connectivity index (χ1n) is 15.0. The number of nitrogen functional groups attached to an aromatic ring is 1. The molecule has 1 saturated heterocycles.